The third-order valence-corrected chi connectivity index (χ3v) is 4.78. The molecule has 22 heavy (non-hydrogen) atoms. The summed E-state index contributed by atoms with van der Waals surface area (Å²) in [6, 6.07) is 0.465. The van der Waals surface area contributed by atoms with Crippen molar-refractivity contribution in [3.8, 4) is 5.88 Å². The predicted octanol–water partition coefficient (Wildman–Crippen LogP) is 1.23. The van der Waals surface area contributed by atoms with Gasteiger partial charge < -0.3 is 15.0 Å². The van der Waals surface area contributed by atoms with Crippen LogP contribution in [0.15, 0.2) is 0 Å². The molecule has 1 amide bonds. The number of carbonyl (C=O) groups excluding carboxylic acids is 1. The number of ether oxygens (including phenoxy) is 1. The van der Waals surface area contributed by atoms with Crippen LogP contribution in [0.25, 0.3) is 0 Å². The Hall–Kier alpha value is -1.56. The van der Waals surface area contributed by atoms with Crippen LogP contribution in [0, 0.1) is 12.8 Å². The summed E-state index contributed by atoms with van der Waals surface area (Å²) in [5.41, 5.74) is 2.13. The van der Waals surface area contributed by atoms with Crippen LogP contribution in [-0.4, -0.2) is 46.8 Å². The minimum absolute atomic E-state index is 0.340. The minimum Gasteiger partial charge on any atom is -0.481 e. The Bertz CT molecular complexity index is 543. The molecule has 1 saturated heterocycles. The van der Waals surface area contributed by atoms with Crippen LogP contribution in [0.1, 0.15) is 36.9 Å². The smallest absolute Gasteiger partial charge is 0.225 e. The van der Waals surface area contributed by atoms with E-state index in [9.17, 15) is 4.79 Å². The number of nitrogens with zero attached hydrogens (tertiary/aromatic N) is 3. The summed E-state index contributed by atoms with van der Waals surface area (Å²) in [5.74, 6) is 1.54. The summed E-state index contributed by atoms with van der Waals surface area (Å²) in [7, 11) is 3.58. The summed E-state index contributed by atoms with van der Waals surface area (Å²) < 4.78 is 7.21. The van der Waals surface area contributed by atoms with Crippen molar-refractivity contribution in [3.05, 3.63) is 11.3 Å². The van der Waals surface area contributed by atoms with E-state index in [2.05, 4.69) is 10.4 Å². The molecular formula is C16H26N4O2. The molecule has 122 valence electrons. The van der Waals surface area contributed by atoms with Gasteiger partial charge in [0.1, 0.15) is 0 Å². The highest BCUT2D eigenvalue weighted by Crippen LogP contribution is 2.32. The number of rotatable bonds is 5. The summed E-state index contributed by atoms with van der Waals surface area (Å²) in [6.07, 6.45) is 4.24. The predicted molar refractivity (Wildman–Crippen MR) is 83.7 cm³/mol. The third-order valence-electron chi connectivity index (χ3n) is 4.78. The van der Waals surface area contributed by atoms with Gasteiger partial charge in [-0.05, 0) is 32.6 Å². The van der Waals surface area contributed by atoms with Crippen molar-refractivity contribution in [2.45, 2.75) is 45.2 Å². The van der Waals surface area contributed by atoms with E-state index in [1.54, 1.807) is 11.8 Å². The molecule has 2 aliphatic rings. The zero-order chi connectivity index (χ0) is 15.7. The number of aryl methyl sites for hydroxylation is 2. The van der Waals surface area contributed by atoms with Gasteiger partial charge in [0.15, 0.2) is 0 Å². The van der Waals surface area contributed by atoms with Crippen LogP contribution in [0.5, 0.6) is 5.88 Å². The van der Waals surface area contributed by atoms with Crippen molar-refractivity contribution in [1.82, 2.24) is 20.0 Å². The highest BCUT2D eigenvalue weighted by Gasteiger charge is 2.34. The Morgan fingerprint density at radius 1 is 1.32 bits per heavy atom. The normalized spacial score (nSPS) is 19.5. The van der Waals surface area contributed by atoms with Gasteiger partial charge in [-0.25, -0.2) is 4.68 Å². The van der Waals surface area contributed by atoms with Gasteiger partial charge in [-0.2, -0.15) is 5.10 Å². The Balaban J connectivity index is 1.50. The second-order valence-corrected chi connectivity index (χ2v) is 6.45. The molecule has 1 saturated carbocycles. The maximum Gasteiger partial charge on any atom is 0.225 e. The van der Waals surface area contributed by atoms with Gasteiger partial charge in [0.05, 0.1) is 18.4 Å². The van der Waals surface area contributed by atoms with Crippen molar-refractivity contribution in [1.29, 1.82) is 0 Å². The highest BCUT2D eigenvalue weighted by molar-refractivity contribution is 5.81. The fourth-order valence-corrected chi connectivity index (χ4v) is 3.28. The molecule has 1 aromatic rings. The summed E-state index contributed by atoms with van der Waals surface area (Å²) >= 11 is 0. The fourth-order valence-electron chi connectivity index (χ4n) is 3.28. The number of carbonyl (C=O) groups is 1. The molecule has 0 atom stereocenters. The van der Waals surface area contributed by atoms with Gasteiger partial charge in [-0.3, -0.25) is 4.79 Å². The van der Waals surface area contributed by atoms with Crippen LogP contribution in [0.3, 0.4) is 0 Å². The lowest BCUT2D eigenvalue weighted by atomic mass is 10.0. The number of hydrogen-bond donors (Lipinski definition) is 1. The molecule has 2 fully saturated rings. The minimum atomic E-state index is 0.340. The van der Waals surface area contributed by atoms with Crippen molar-refractivity contribution in [2.75, 3.05) is 20.2 Å². The molecule has 0 bridgehead atoms. The topological polar surface area (TPSA) is 59.4 Å². The van der Waals surface area contributed by atoms with E-state index < -0.39 is 0 Å². The first-order valence-corrected chi connectivity index (χ1v) is 8.18. The number of nitrogens with one attached hydrogen (secondary N) is 1. The Morgan fingerprint density at radius 2 is 2.00 bits per heavy atom. The third kappa shape index (κ3) is 3.11. The second kappa shape index (κ2) is 6.28. The number of hydrogen-bond acceptors (Lipinski definition) is 4. The van der Waals surface area contributed by atoms with E-state index >= 15 is 0 Å². The summed E-state index contributed by atoms with van der Waals surface area (Å²) in [6.45, 7) is 4.55. The molecule has 0 radical (unpaired) electrons. The van der Waals surface area contributed by atoms with E-state index in [0.717, 1.165) is 62.5 Å². The number of aromatic nitrogens is 2. The van der Waals surface area contributed by atoms with Crippen molar-refractivity contribution < 1.29 is 9.53 Å². The largest absolute Gasteiger partial charge is 0.481 e. The lowest BCUT2D eigenvalue weighted by molar-refractivity contribution is -0.133. The summed E-state index contributed by atoms with van der Waals surface area (Å²) in [4.78, 5) is 14.1. The molecule has 3 rings (SSSR count). The number of amides is 1. The second-order valence-electron chi connectivity index (χ2n) is 6.45. The van der Waals surface area contributed by atoms with Crippen molar-refractivity contribution in [2.24, 2.45) is 13.0 Å². The molecule has 6 heteroatoms. The first kappa shape index (κ1) is 15.3. The molecule has 6 nitrogen and oxygen atoms in total. The Morgan fingerprint density at radius 3 is 2.59 bits per heavy atom. The number of likely N-dealkylation sites (tertiary alicyclic amines) is 1. The van der Waals surface area contributed by atoms with Gasteiger partial charge in [0, 0.05) is 38.6 Å². The van der Waals surface area contributed by atoms with Gasteiger partial charge >= 0.3 is 0 Å². The maximum absolute atomic E-state index is 12.1. The average molecular weight is 306 g/mol. The average Bonchev–Trinajstić information content (AvgIpc) is 3.31. The van der Waals surface area contributed by atoms with E-state index in [1.165, 1.54) is 0 Å². The van der Waals surface area contributed by atoms with Crippen LogP contribution in [0.2, 0.25) is 0 Å². The molecule has 0 aromatic carbocycles. The molecule has 1 aliphatic carbocycles. The van der Waals surface area contributed by atoms with Crippen LogP contribution >= 0.6 is 0 Å². The zero-order valence-electron chi connectivity index (χ0n) is 13.8. The molecule has 1 N–H and O–H groups in total. The molecule has 1 aliphatic heterocycles. The highest BCUT2D eigenvalue weighted by atomic mass is 16.5. The van der Waals surface area contributed by atoms with Crippen LogP contribution < -0.4 is 10.1 Å². The monoisotopic (exact) mass is 306 g/mol. The van der Waals surface area contributed by atoms with Crippen LogP contribution in [0.4, 0.5) is 0 Å². The first-order valence-electron chi connectivity index (χ1n) is 8.18. The maximum atomic E-state index is 12.1. The molecular weight excluding hydrogens is 280 g/mol. The van der Waals surface area contributed by atoms with Crippen molar-refractivity contribution >= 4 is 5.91 Å². The van der Waals surface area contributed by atoms with Crippen LogP contribution in [-0.2, 0) is 18.4 Å². The summed E-state index contributed by atoms with van der Waals surface area (Å²) in [5, 5.41) is 8.01. The molecule has 0 unspecified atom stereocenters. The Kier molecular flexibility index (Phi) is 4.38. The van der Waals surface area contributed by atoms with Crippen molar-refractivity contribution in [3.63, 3.8) is 0 Å². The van der Waals surface area contributed by atoms with Gasteiger partial charge in [0.25, 0.3) is 0 Å². The standard InChI is InChI=1S/C16H26N4O2/c1-11-14(16(22-3)19(2)18-11)10-17-13-6-8-20(9-7-13)15(21)12-4-5-12/h12-13,17H,4-10H2,1-3H3. The fraction of sp³-hybridized carbons (Fsp3) is 0.750. The number of piperidine rings is 1. The van der Waals surface area contributed by atoms with Gasteiger partial charge in [-0.1, -0.05) is 0 Å². The molecule has 2 heterocycles. The Labute approximate surface area is 131 Å². The van der Waals surface area contributed by atoms with E-state index in [1.807, 2.05) is 18.9 Å². The van der Waals surface area contributed by atoms with E-state index in [4.69, 9.17) is 4.74 Å². The van der Waals surface area contributed by atoms with E-state index in [0.29, 0.717) is 17.9 Å². The lowest BCUT2D eigenvalue weighted by Crippen LogP contribution is -2.45. The first-order chi connectivity index (χ1) is 10.6. The molecule has 0 spiro atoms. The number of methoxy groups -OCH3 is 1. The quantitative estimate of drug-likeness (QED) is 0.889. The lowest BCUT2D eigenvalue weighted by Gasteiger charge is -2.32. The van der Waals surface area contributed by atoms with Gasteiger partial charge in [-0.15, -0.1) is 0 Å². The SMILES string of the molecule is COc1c(CNC2CCN(C(=O)C3CC3)CC2)c(C)nn1C. The molecule has 1 aromatic heterocycles. The van der Waals surface area contributed by atoms with Gasteiger partial charge in [0.2, 0.25) is 11.8 Å². The van der Waals surface area contributed by atoms with E-state index in [-0.39, 0.29) is 0 Å². The zero-order valence-corrected chi connectivity index (χ0v) is 13.8.